The molecule has 0 fully saturated rings. The first-order valence-electron chi connectivity index (χ1n) is 10.5. The van der Waals surface area contributed by atoms with Crippen molar-refractivity contribution in [2.45, 2.75) is 96.8 Å². The molecule has 0 saturated carbocycles. The monoisotopic (exact) mass is 346 g/mol. The number of anilines is 1. The Hall–Kier alpha value is -1.38. The van der Waals surface area contributed by atoms with E-state index in [1.165, 1.54) is 83.5 Å². The SMILES string of the molecule is CCCCCCCCCCCCCCCCN(N=O)c1ccccc1. The van der Waals surface area contributed by atoms with Crippen LogP contribution in [-0.2, 0) is 0 Å². The molecule has 0 saturated heterocycles. The molecule has 1 aromatic carbocycles. The predicted molar refractivity (Wildman–Crippen MR) is 110 cm³/mol. The molecule has 0 heterocycles. The third kappa shape index (κ3) is 11.7. The standard InChI is InChI=1S/C22H38N2O/c1-2-3-4-5-6-7-8-9-10-11-12-13-14-18-21-24(23-25)22-19-16-15-17-20-22/h15-17,19-20H,2-14,18,21H2,1H3. The van der Waals surface area contributed by atoms with Crippen molar-refractivity contribution in [3.63, 3.8) is 0 Å². The van der Waals surface area contributed by atoms with Gasteiger partial charge in [0.05, 0.1) is 11.0 Å². The van der Waals surface area contributed by atoms with Crippen LogP contribution in [0.4, 0.5) is 5.69 Å². The van der Waals surface area contributed by atoms with Crippen LogP contribution in [0.1, 0.15) is 96.8 Å². The molecule has 0 aliphatic heterocycles. The minimum atomic E-state index is 0.728. The van der Waals surface area contributed by atoms with Crippen molar-refractivity contribution in [2.24, 2.45) is 5.29 Å². The van der Waals surface area contributed by atoms with E-state index in [1.54, 1.807) is 5.01 Å². The first-order valence-corrected chi connectivity index (χ1v) is 10.5. The van der Waals surface area contributed by atoms with Gasteiger partial charge >= 0.3 is 0 Å². The summed E-state index contributed by atoms with van der Waals surface area (Å²) in [5, 5.41) is 4.71. The smallest absolute Gasteiger partial charge is 0.0626 e. The number of hydrogen-bond acceptors (Lipinski definition) is 2. The van der Waals surface area contributed by atoms with Crippen LogP contribution in [-0.4, -0.2) is 6.54 Å². The normalized spacial score (nSPS) is 10.8. The number of benzene rings is 1. The van der Waals surface area contributed by atoms with Crippen LogP contribution in [0.15, 0.2) is 35.6 Å². The molecule has 1 rings (SSSR count). The Balaban J connectivity index is 1.86. The highest BCUT2D eigenvalue weighted by Crippen LogP contribution is 2.16. The van der Waals surface area contributed by atoms with Crippen molar-refractivity contribution in [3.8, 4) is 0 Å². The van der Waals surface area contributed by atoms with E-state index in [0.717, 1.165) is 18.7 Å². The van der Waals surface area contributed by atoms with Crippen LogP contribution >= 0.6 is 0 Å². The highest BCUT2D eigenvalue weighted by atomic mass is 16.3. The van der Waals surface area contributed by atoms with E-state index in [1.807, 2.05) is 30.3 Å². The van der Waals surface area contributed by atoms with Gasteiger partial charge in [-0.1, -0.05) is 109 Å². The maximum Gasteiger partial charge on any atom is 0.0626 e. The number of para-hydroxylation sites is 1. The molecule has 0 N–H and O–H groups in total. The summed E-state index contributed by atoms with van der Waals surface area (Å²) in [6.45, 7) is 3.00. The zero-order valence-corrected chi connectivity index (χ0v) is 16.3. The number of nitrogens with zero attached hydrogens (tertiary/aromatic N) is 2. The first kappa shape index (κ1) is 21.7. The van der Waals surface area contributed by atoms with Gasteiger partial charge in [0.15, 0.2) is 0 Å². The summed E-state index contributed by atoms with van der Waals surface area (Å²) >= 11 is 0. The Morgan fingerprint density at radius 2 is 1.12 bits per heavy atom. The maximum absolute atomic E-state index is 10.9. The fourth-order valence-corrected chi connectivity index (χ4v) is 3.27. The molecular weight excluding hydrogens is 308 g/mol. The molecular formula is C22H38N2O. The Labute approximate surface area is 155 Å². The van der Waals surface area contributed by atoms with E-state index < -0.39 is 0 Å². The minimum Gasteiger partial charge on any atom is -0.229 e. The largest absolute Gasteiger partial charge is 0.229 e. The predicted octanol–water partition coefficient (Wildman–Crippen LogP) is 7.66. The molecule has 3 heteroatoms. The van der Waals surface area contributed by atoms with E-state index >= 15 is 0 Å². The highest BCUT2D eigenvalue weighted by Gasteiger charge is 2.04. The van der Waals surface area contributed by atoms with Crippen molar-refractivity contribution >= 4 is 5.69 Å². The summed E-state index contributed by atoms with van der Waals surface area (Å²) in [6.07, 6.45) is 18.9. The maximum atomic E-state index is 10.9. The highest BCUT2D eigenvalue weighted by molar-refractivity contribution is 5.44. The number of hydrogen-bond donors (Lipinski definition) is 0. The molecule has 25 heavy (non-hydrogen) atoms. The van der Waals surface area contributed by atoms with Crippen LogP contribution in [0.3, 0.4) is 0 Å². The average Bonchev–Trinajstić information content (AvgIpc) is 2.66. The van der Waals surface area contributed by atoms with Gasteiger partial charge in [0.1, 0.15) is 0 Å². The zero-order valence-electron chi connectivity index (χ0n) is 16.3. The van der Waals surface area contributed by atoms with Gasteiger partial charge in [0.25, 0.3) is 0 Å². The van der Waals surface area contributed by atoms with Crippen LogP contribution in [0.2, 0.25) is 0 Å². The number of rotatable bonds is 17. The van der Waals surface area contributed by atoms with Crippen molar-refractivity contribution in [1.29, 1.82) is 0 Å². The van der Waals surface area contributed by atoms with E-state index in [2.05, 4.69) is 12.2 Å². The minimum absolute atomic E-state index is 0.728. The van der Waals surface area contributed by atoms with Crippen molar-refractivity contribution in [2.75, 3.05) is 11.6 Å². The Morgan fingerprint density at radius 1 is 0.680 bits per heavy atom. The molecule has 0 atom stereocenters. The molecule has 0 bridgehead atoms. The summed E-state index contributed by atoms with van der Waals surface area (Å²) in [6, 6.07) is 9.72. The van der Waals surface area contributed by atoms with E-state index in [9.17, 15) is 4.91 Å². The molecule has 0 amide bonds. The van der Waals surface area contributed by atoms with Crippen LogP contribution in [0.5, 0.6) is 0 Å². The summed E-state index contributed by atoms with van der Waals surface area (Å²) in [4.78, 5) is 10.9. The lowest BCUT2D eigenvalue weighted by Gasteiger charge is -2.14. The van der Waals surface area contributed by atoms with Crippen LogP contribution in [0, 0.1) is 4.91 Å². The molecule has 0 spiro atoms. The summed E-state index contributed by atoms with van der Waals surface area (Å²) in [7, 11) is 0. The lowest BCUT2D eigenvalue weighted by Crippen LogP contribution is -2.16. The number of unbranched alkanes of at least 4 members (excludes halogenated alkanes) is 13. The van der Waals surface area contributed by atoms with Gasteiger partial charge in [-0.2, -0.15) is 0 Å². The zero-order chi connectivity index (χ0) is 18.0. The molecule has 0 radical (unpaired) electrons. The molecule has 0 unspecified atom stereocenters. The molecule has 142 valence electrons. The van der Waals surface area contributed by atoms with E-state index in [0.29, 0.717) is 0 Å². The summed E-state index contributed by atoms with van der Waals surface area (Å²) in [5.41, 5.74) is 0.896. The molecule has 0 aliphatic rings. The van der Waals surface area contributed by atoms with Gasteiger partial charge in [-0.25, -0.2) is 5.01 Å². The van der Waals surface area contributed by atoms with Gasteiger partial charge in [0.2, 0.25) is 0 Å². The molecule has 0 aliphatic carbocycles. The Bertz CT molecular complexity index is 408. The van der Waals surface area contributed by atoms with Crippen molar-refractivity contribution in [3.05, 3.63) is 35.2 Å². The molecule has 3 nitrogen and oxygen atoms in total. The third-order valence-electron chi connectivity index (χ3n) is 4.88. The topological polar surface area (TPSA) is 32.7 Å². The van der Waals surface area contributed by atoms with Gasteiger partial charge in [-0.05, 0) is 18.6 Å². The second-order valence-electron chi connectivity index (χ2n) is 7.14. The fraction of sp³-hybridized carbons (Fsp3) is 0.727. The molecule has 0 aromatic heterocycles. The van der Waals surface area contributed by atoms with Gasteiger partial charge < -0.3 is 0 Å². The van der Waals surface area contributed by atoms with Gasteiger partial charge in [-0.3, -0.25) is 0 Å². The lowest BCUT2D eigenvalue weighted by molar-refractivity contribution is 0.535. The fourth-order valence-electron chi connectivity index (χ4n) is 3.27. The van der Waals surface area contributed by atoms with Crippen LogP contribution < -0.4 is 5.01 Å². The lowest BCUT2D eigenvalue weighted by atomic mass is 10.0. The summed E-state index contributed by atoms with van der Waals surface area (Å²) in [5.74, 6) is 0. The second kappa shape index (κ2) is 16.1. The Morgan fingerprint density at radius 3 is 1.56 bits per heavy atom. The Kier molecular flexibility index (Phi) is 14.0. The second-order valence-corrected chi connectivity index (χ2v) is 7.14. The van der Waals surface area contributed by atoms with E-state index in [-0.39, 0.29) is 0 Å². The quantitative estimate of drug-likeness (QED) is 0.165. The first-order chi connectivity index (χ1) is 12.4. The van der Waals surface area contributed by atoms with E-state index in [4.69, 9.17) is 0 Å². The summed E-state index contributed by atoms with van der Waals surface area (Å²) < 4.78 is 0. The number of nitroso groups, excluding NO2 is 1. The van der Waals surface area contributed by atoms with Gasteiger partial charge in [0, 0.05) is 6.54 Å². The van der Waals surface area contributed by atoms with Crippen molar-refractivity contribution in [1.82, 2.24) is 0 Å². The third-order valence-corrected chi connectivity index (χ3v) is 4.88. The average molecular weight is 347 g/mol. The van der Waals surface area contributed by atoms with Crippen molar-refractivity contribution < 1.29 is 0 Å². The molecule has 1 aromatic rings. The van der Waals surface area contributed by atoms with Crippen LogP contribution in [0.25, 0.3) is 0 Å². The van der Waals surface area contributed by atoms with Gasteiger partial charge in [-0.15, -0.1) is 4.91 Å².